The van der Waals surface area contributed by atoms with E-state index in [2.05, 4.69) is 21.4 Å². The van der Waals surface area contributed by atoms with Crippen LogP contribution in [0, 0.1) is 11.3 Å². The van der Waals surface area contributed by atoms with Crippen LogP contribution in [0.4, 0.5) is 0 Å². The Bertz CT molecular complexity index is 1030. The SMILES string of the molecule is COC1CCC(NC(=O)c2nc(-n3ccnc3)cc3ccc(C#N)cc23)CC1. The molecule has 1 saturated carbocycles. The van der Waals surface area contributed by atoms with E-state index in [0.717, 1.165) is 31.1 Å². The van der Waals surface area contributed by atoms with Crippen LogP contribution in [-0.2, 0) is 4.74 Å². The highest BCUT2D eigenvalue weighted by Gasteiger charge is 2.24. The Hall–Kier alpha value is -3.24. The Morgan fingerprint density at radius 3 is 2.79 bits per heavy atom. The van der Waals surface area contributed by atoms with Crippen molar-refractivity contribution in [1.29, 1.82) is 5.26 Å². The molecule has 1 N–H and O–H groups in total. The topological polar surface area (TPSA) is 92.8 Å². The van der Waals surface area contributed by atoms with Crippen molar-refractivity contribution in [3.8, 4) is 11.9 Å². The molecular weight excluding hydrogens is 354 g/mol. The number of rotatable bonds is 4. The highest BCUT2D eigenvalue weighted by molar-refractivity contribution is 6.06. The maximum Gasteiger partial charge on any atom is 0.270 e. The molecule has 1 fully saturated rings. The third kappa shape index (κ3) is 3.59. The number of ether oxygens (including phenoxy) is 1. The minimum Gasteiger partial charge on any atom is -0.381 e. The zero-order valence-corrected chi connectivity index (χ0v) is 15.6. The van der Waals surface area contributed by atoms with E-state index in [1.165, 1.54) is 0 Å². The summed E-state index contributed by atoms with van der Waals surface area (Å²) >= 11 is 0. The summed E-state index contributed by atoms with van der Waals surface area (Å²) in [7, 11) is 1.73. The first-order valence-corrected chi connectivity index (χ1v) is 9.35. The molecule has 0 atom stereocenters. The third-order valence-corrected chi connectivity index (χ3v) is 5.28. The van der Waals surface area contributed by atoms with E-state index in [-0.39, 0.29) is 18.1 Å². The third-order valence-electron chi connectivity index (χ3n) is 5.28. The lowest BCUT2D eigenvalue weighted by molar-refractivity contribution is 0.0598. The lowest BCUT2D eigenvalue weighted by atomic mass is 9.93. The van der Waals surface area contributed by atoms with Gasteiger partial charge in [-0.1, -0.05) is 6.07 Å². The average Bonchev–Trinajstić information content (AvgIpc) is 3.28. The Balaban J connectivity index is 1.69. The molecule has 0 spiro atoms. The van der Waals surface area contributed by atoms with Crippen LogP contribution in [0.1, 0.15) is 41.7 Å². The van der Waals surface area contributed by atoms with E-state index in [4.69, 9.17) is 4.74 Å². The van der Waals surface area contributed by atoms with Crippen molar-refractivity contribution in [1.82, 2.24) is 19.9 Å². The molecule has 7 heteroatoms. The Kier molecular flexibility index (Phi) is 5.04. The quantitative estimate of drug-likeness (QED) is 0.757. The summed E-state index contributed by atoms with van der Waals surface area (Å²) in [5.41, 5.74) is 0.825. The van der Waals surface area contributed by atoms with Crippen molar-refractivity contribution in [2.75, 3.05) is 7.11 Å². The molecule has 1 aliphatic carbocycles. The second-order valence-corrected chi connectivity index (χ2v) is 7.03. The van der Waals surface area contributed by atoms with Crippen LogP contribution in [0.3, 0.4) is 0 Å². The molecule has 0 radical (unpaired) electrons. The molecule has 7 nitrogen and oxygen atoms in total. The summed E-state index contributed by atoms with van der Waals surface area (Å²) in [6, 6.07) is 9.43. The fourth-order valence-corrected chi connectivity index (χ4v) is 3.70. The summed E-state index contributed by atoms with van der Waals surface area (Å²) in [6.45, 7) is 0. The van der Waals surface area contributed by atoms with E-state index in [1.807, 2.05) is 12.1 Å². The Labute approximate surface area is 163 Å². The van der Waals surface area contributed by atoms with Gasteiger partial charge in [-0.25, -0.2) is 9.97 Å². The van der Waals surface area contributed by atoms with Gasteiger partial charge in [-0.2, -0.15) is 5.26 Å². The van der Waals surface area contributed by atoms with Gasteiger partial charge in [-0.15, -0.1) is 0 Å². The number of fused-ring (bicyclic) bond motifs is 1. The number of amides is 1. The van der Waals surface area contributed by atoms with Gasteiger partial charge in [-0.05, 0) is 49.3 Å². The van der Waals surface area contributed by atoms with Gasteiger partial charge >= 0.3 is 0 Å². The van der Waals surface area contributed by atoms with Crippen LogP contribution in [0.2, 0.25) is 0 Å². The van der Waals surface area contributed by atoms with Gasteiger partial charge in [0.1, 0.15) is 17.8 Å². The highest BCUT2D eigenvalue weighted by atomic mass is 16.5. The zero-order chi connectivity index (χ0) is 19.5. The molecule has 0 unspecified atom stereocenters. The number of nitriles is 1. The van der Waals surface area contributed by atoms with Crippen LogP contribution in [0.15, 0.2) is 43.0 Å². The number of nitrogens with zero attached hydrogens (tertiary/aromatic N) is 4. The number of aromatic nitrogens is 3. The molecule has 0 bridgehead atoms. The van der Waals surface area contributed by atoms with Gasteiger partial charge in [0, 0.05) is 30.9 Å². The molecule has 1 amide bonds. The normalized spacial score (nSPS) is 19.3. The van der Waals surface area contributed by atoms with Gasteiger partial charge in [0.2, 0.25) is 0 Å². The molecule has 0 aliphatic heterocycles. The van der Waals surface area contributed by atoms with Gasteiger partial charge < -0.3 is 10.1 Å². The summed E-state index contributed by atoms with van der Waals surface area (Å²) in [6.07, 6.45) is 9.00. The van der Waals surface area contributed by atoms with Crippen LogP contribution in [-0.4, -0.2) is 39.7 Å². The number of imidazole rings is 1. The monoisotopic (exact) mass is 375 g/mol. The minimum absolute atomic E-state index is 0.104. The van der Waals surface area contributed by atoms with Gasteiger partial charge in [0.05, 0.1) is 17.7 Å². The summed E-state index contributed by atoms with van der Waals surface area (Å²) in [4.78, 5) is 21.7. The zero-order valence-electron chi connectivity index (χ0n) is 15.6. The van der Waals surface area contributed by atoms with Gasteiger partial charge in [0.15, 0.2) is 0 Å². The Morgan fingerprint density at radius 2 is 2.11 bits per heavy atom. The Morgan fingerprint density at radius 1 is 1.29 bits per heavy atom. The van der Waals surface area contributed by atoms with Crippen LogP contribution in [0.5, 0.6) is 0 Å². The van der Waals surface area contributed by atoms with E-state index >= 15 is 0 Å². The standard InChI is InChI=1S/C21H21N5O2/c1-28-17-6-4-16(5-7-17)24-21(27)20-18-10-14(12-22)2-3-15(18)11-19(25-20)26-9-8-23-13-26/h2-3,8-11,13,16-17H,4-7H2,1H3,(H,24,27). The second-order valence-electron chi connectivity index (χ2n) is 7.03. The second kappa shape index (κ2) is 7.79. The molecule has 2 aromatic heterocycles. The smallest absolute Gasteiger partial charge is 0.270 e. The van der Waals surface area contributed by atoms with Crippen molar-refractivity contribution in [2.24, 2.45) is 0 Å². The fourth-order valence-electron chi connectivity index (χ4n) is 3.70. The van der Waals surface area contributed by atoms with Gasteiger partial charge in [0.25, 0.3) is 5.91 Å². The predicted molar refractivity (Wildman–Crippen MR) is 104 cm³/mol. The van der Waals surface area contributed by atoms with Crippen LogP contribution < -0.4 is 5.32 Å². The molecule has 0 saturated heterocycles. The van der Waals surface area contributed by atoms with E-state index in [1.54, 1.807) is 42.5 Å². The summed E-state index contributed by atoms with van der Waals surface area (Å²) in [5, 5.41) is 13.9. The maximum absolute atomic E-state index is 13.1. The maximum atomic E-state index is 13.1. The fraction of sp³-hybridized carbons (Fsp3) is 0.333. The first kappa shape index (κ1) is 18.1. The van der Waals surface area contributed by atoms with E-state index in [9.17, 15) is 10.1 Å². The van der Waals surface area contributed by atoms with E-state index in [0.29, 0.717) is 22.5 Å². The number of carbonyl (C=O) groups excluding carboxylic acids is 1. The highest BCUT2D eigenvalue weighted by Crippen LogP contribution is 2.24. The molecule has 142 valence electrons. The van der Waals surface area contributed by atoms with Crippen molar-refractivity contribution in [3.63, 3.8) is 0 Å². The number of methoxy groups -OCH3 is 1. The first-order valence-electron chi connectivity index (χ1n) is 9.35. The molecule has 3 aromatic rings. The summed E-state index contributed by atoms with van der Waals surface area (Å²) in [5.74, 6) is 0.394. The molecular formula is C21H21N5O2. The van der Waals surface area contributed by atoms with Gasteiger partial charge in [-0.3, -0.25) is 9.36 Å². The van der Waals surface area contributed by atoms with Crippen molar-refractivity contribution >= 4 is 16.7 Å². The molecule has 2 heterocycles. The number of pyridine rings is 1. The first-order chi connectivity index (χ1) is 13.7. The predicted octanol–water partition coefficient (Wildman–Crippen LogP) is 2.98. The van der Waals surface area contributed by atoms with Crippen molar-refractivity contribution in [2.45, 2.75) is 37.8 Å². The molecule has 28 heavy (non-hydrogen) atoms. The minimum atomic E-state index is -0.220. The number of hydrogen-bond acceptors (Lipinski definition) is 5. The summed E-state index contributed by atoms with van der Waals surface area (Å²) < 4.78 is 7.17. The molecule has 1 aromatic carbocycles. The lowest BCUT2D eigenvalue weighted by Gasteiger charge is -2.28. The molecule has 4 rings (SSSR count). The van der Waals surface area contributed by atoms with Crippen molar-refractivity contribution in [3.05, 3.63) is 54.2 Å². The molecule has 1 aliphatic rings. The number of nitrogens with one attached hydrogen (secondary N) is 1. The van der Waals surface area contributed by atoms with E-state index < -0.39 is 0 Å². The lowest BCUT2D eigenvalue weighted by Crippen LogP contribution is -2.39. The van der Waals surface area contributed by atoms with Crippen LogP contribution in [0.25, 0.3) is 16.6 Å². The largest absolute Gasteiger partial charge is 0.381 e. The average molecular weight is 375 g/mol. The number of hydrogen-bond donors (Lipinski definition) is 1. The van der Waals surface area contributed by atoms with Crippen LogP contribution >= 0.6 is 0 Å². The number of benzene rings is 1. The number of carbonyl (C=O) groups is 1. The van der Waals surface area contributed by atoms with Crippen molar-refractivity contribution < 1.29 is 9.53 Å².